The molecule has 1 aromatic carbocycles. The molecule has 1 aliphatic carbocycles. The summed E-state index contributed by atoms with van der Waals surface area (Å²) in [7, 11) is -7.41. The molecular weight excluding hydrogens is 312 g/mol. The molecule has 0 spiro atoms. The Bertz CT molecular complexity index is 705. The van der Waals surface area contributed by atoms with Gasteiger partial charge in [-0.1, -0.05) is 13.8 Å². The summed E-state index contributed by atoms with van der Waals surface area (Å²) >= 11 is 0. The minimum atomic E-state index is -3.82. The molecule has 0 aromatic heterocycles. The van der Waals surface area contributed by atoms with Gasteiger partial charge < -0.3 is 0 Å². The predicted octanol–water partition coefficient (Wildman–Crippen LogP) is 1.14. The highest BCUT2D eigenvalue weighted by atomic mass is 32.2. The van der Waals surface area contributed by atoms with E-state index in [0.717, 1.165) is 12.8 Å². The Kier molecular flexibility index (Phi) is 4.44. The standard InChI is InChI=1S/C13H20N2O4S2/c1-10(2)9-15(11-3-4-11)21(18,19)13-7-5-12(6-8-13)20(14,16)17/h5-8,10-11H,3-4,9H2,1-2H3,(H2,14,16,17). The van der Waals surface area contributed by atoms with Gasteiger partial charge in [-0.05, 0) is 43.0 Å². The van der Waals surface area contributed by atoms with Crippen LogP contribution in [-0.2, 0) is 20.0 Å². The molecule has 0 saturated heterocycles. The van der Waals surface area contributed by atoms with E-state index in [2.05, 4.69) is 0 Å². The Balaban J connectivity index is 2.34. The Morgan fingerprint density at radius 3 is 1.95 bits per heavy atom. The molecule has 0 aliphatic heterocycles. The molecule has 6 nitrogen and oxygen atoms in total. The molecule has 1 saturated carbocycles. The predicted molar refractivity (Wildman–Crippen MR) is 79.6 cm³/mol. The van der Waals surface area contributed by atoms with Crippen molar-refractivity contribution in [2.45, 2.75) is 42.5 Å². The summed E-state index contributed by atoms with van der Waals surface area (Å²) in [4.78, 5) is 0.00531. The van der Waals surface area contributed by atoms with Gasteiger partial charge in [0.1, 0.15) is 0 Å². The monoisotopic (exact) mass is 332 g/mol. The first-order valence-corrected chi connectivity index (χ1v) is 9.75. The van der Waals surface area contributed by atoms with E-state index in [9.17, 15) is 16.8 Å². The molecule has 0 bridgehead atoms. The first-order chi connectivity index (χ1) is 9.62. The molecule has 2 N–H and O–H groups in total. The molecule has 2 rings (SSSR count). The van der Waals surface area contributed by atoms with E-state index in [1.165, 1.54) is 28.6 Å². The fourth-order valence-corrected chi connectivity index (χ4v) is 4.47. The van der Waals surface area contributed by atoms with Crippen LogP contribution in [0.2, 0.25) is 0 Å². The van der Waals surface area contributed by atoms with Crippen LogP contribution in [0.4, 0.5) is 0 Å². The van der Waals surface area contributed by atoms with E-state index in [-0.39, 0.29) is 21.8 Å². The van der Waals surface area contributed by atoms with Gasteiger partial charge in [-0.3, -0.25) is 0 Å². The van der Waals surface area contributed by atoms with Crippen molar-refractivity contribution in [1.29, 1.82) is 0 Å². The van der Waals surface area contributed by atoms with E-state index in [1.54, 1.807) is 0 Å². The lowest BCUT2D eigenvalue weighted by Gasteiger charge is -2.23. The Morgan fingerprint density at radius 2 is 1.57 bits per heavy atom. The largest absolute Gasteiger partial charge is 0.243 e. The molecule has 1 aromatic rings. The van der Waals surface area contributed by atoms with E-state index < -0.39 is 20.0 Å². The molecule has 8 heteroatoms. The zero-order chi connectivity index (χ0) is 15.8. The van der Waals surface area contributed by atoms with Crippen molar-refractivity contribution >= 4 is 20.0 Å². The molecule has 0 amide bonds. The fraction of sp³-hybridized carbons (Fsp3) is 0.538. The zero-order valence-electron chi connectivity index (χ0n) is 12.1. The molecule has 21 heavy (non-hydrogen) atoms. The van der Waals surface area contributed by atoms with Crippen LogP contribution in [0.3, 0.4) is 0 Å². The van der Waals surface area contributed by atoms with Gasteiger partial charge in [0.25, 0.3) is 0 Å². The molecule has 118 valence electrons. The van der Waals surface area contributed by atoms with Crippen molar-refractivity contribution in [3.63, 3.8) is 0 Å². The molecule has 0 unspecified atom stereocenters. The second-order valence-electron chi connectivity index (χ2n) is 5.72. The van der Waals surface area contributed by atoms with Crippen molar-refractivity contribution in [2.24, 2.45) is 11.1 Å². The molecule has 0 heterocycles. The van der Waals surface area contributed by atoms with Gasteiger partial charge >= 0.3 is 0 Å². The third-order valence-corrected chi connectivity index (χ3v) is 6.12. The highest BCUT2D eigenvalue weighted by Crippen LogP contribution is 2.32. The maximum atomic E-state index is 12.7. The lowest BCUT2D eigenvalue weighted by Crippen LogP contribution is -2.36. The van der Waals surface area contributed by atoms with Crippen LogP contribution in [0, 0.1) is 5.92 Å². The molecule has 0 atom stereocenters. The number of benzene rings is 1. The molecule has 1 aliphatic rings. The van der Waals surface area contributed by atoms with Crippen molar-refractivity contribution in [2.75, 3.05) is 6.54 Å². The van der Waals surface area contributed by atoms with Crippen LogP contribution in [0.5, 0.6) is 0 Å². The smallest absolute Gasteiger partial charge is 0.225 e. The quantitative estimate of drug-likeness (QED) is 0.844. The van der Waals surface area contributed by atoms with Gasteiger partial charge in [0, 0.05) is 12.6 Å². The van der Waals surface area contributed by atoms with E-state index in [1.807, 2.05) is 13.8 Å². The summed E-state index contributed by atoms with van der Waals surface area (Å²) < 4.78 is 49.2. The number of primary sulfonamides is 1. The summed E-state index contributed by atoms with van der Waals surface area (Å²) in [5.41, 5.74) is 0. The number of nitrogens with zero attached hydrogens (tertiary/aromatic N) is 1. The molecule has 1 fully saturated rings. The first-order valence-electron chi connectivity index (χ1n) is 6.77. The van der Waals surface area contributed by atoms with Crippen molar-refractivity contribution in [3.05, 3.63) is 24.3 Å². The number of rotatable bonds is 6. The van der Waals surface area contributed by atoms with Crippen molar-refractivity contribution in [1.82, 2.24) is 4.31 Å². The van der Waals surface area contributed by atoms with Crippen LogP contribution in [0.25, 0.3) is 0 Å². The van der Waals surface area contributed by atoms with Crippen LogP contribution in [0.1, 0.15) is 26.7 Å². The normalized spacial score (nSPS) is 16.6. The summed E-state index contributed by atoms with van der Waals surface area (Å²) in [5.74, 6) is 0.226. The minimum absolute atomic E-state index is 0.0651. The Labute approximate surface area is 126 Å². The summed E-state index contributed by atoms with van der Waals surface area (Å²) in [6.07, 6.45) is 1.75. The average Bonchev–Trinajstić information content (AvgIpc) is 3.19. The van der Waals surface area contributed by atoms with Crippen molar-refractivity contribution in [3.8, 4) is 0 Å². The third kappa shape index (κ3) is 3.82. The topological polar surface area (TPSA) is 97.5 Å². The first kappa shape index (κ1) is 16.4. The van der Waals surface area contributed by atoms with Crippen LogP contribution < -0.4 is 5.14 Å². The summed E-state index contributed by atoms with van der Waals surface area (Å²) in [6.45, 7) is 4.40. The maximum Gasteiger partial charge on any atom is 0.243 e. The minimum Gasteiger partial charge on any atom is -0.225 e. The average molecular weight is 332 g/mol. The lowest BCUT2D eigenvalue weighted by atomic mass is 10.2. The Hall–Kier alpha value is -0.960. The maximum absolute atomic E-state index is 12.7. The summed E-state index contributed by atoms with van der Waals surface area (Å²) in [5, 5.41) is 5.01. The highest BCUT2D eigenvalue weighted by Gasteiger charge is 2.38. The van der Waals surface area contributed by atoms with Gasteiger partial charge in [0.15, 0.2) is 0 Å². The highest BCUT2D eigenvalue weighted by molar-refractivity contribution is 7.89. The number of hydrogen-bond donors (Lipinski definition) is 1. The summed E-state index contributed by atoms with van der Waals surface area (Å²) in [6, 6.07) is 5.11. The molecular formula is C13H20N2O4S2. The van der Waals surface area contributed by atoms with E-state index >= 15 is 0 Å². The SMILES string of the molecule is CC(C)CN(C1CC1)S(=O)(=O)c1ccc(S(N)(=O)=O)cc1. The third-order valence-electron chi connectivity index (χ3n) is 3.26. The van der Waals surface area contributed by atoms with Crippen LogP contribution in [-0.4, -0.2) is 33.7 Å². The van der Waals surface area contributed by atoms with Gasteiger partial charge in [0.05, 0.1) is 9.79 Å². The van der Waals surface area contributed by atoms with Crippen LogP contribution in [0.15, 0.2) is 34.1 Å². The molecule has 0 radical (unpaired) electrons. The second-order valence-corrected chi connectivity index (χ2v) is 9.17. The number of sulfonamides is 2. The van der Waals surface area contributed by atoms with Crippen molar-refractivity contribution < 1.29 is 16.8 Å². The fourth-order valence-electron chi connectivity index (χ4n) is 2.10. The zero-order valence-corrected chi connectivity index (χ0v) is 13.7. The van der Waals surface area contributed by atoms with Gasteiger partial charge in [-0.25, -0.2) is 22.0 Å². The number of hydrogen-bond acceptors (Lipinski definition) is 4. The Morgan fingerprint density at radius 1 is 1.10 bits per heavy atom. The van der Waals surface area contributed by atoms with Crippen LogP contribution >= 0.6 is 0 Å². The lowest BCUT2D eigenvalue weighted by molar-refractivity contribution is 0.360. The number of nitrogens with two attached hydrogens (primary N) is 1. The van der Waals surface area contributed by atoms with Gasteiger partial charge in [0.2, 0.25) is 20.0 Å². The van der Waals surface area contributed by atoms with Gasteiger partial charge in [-0.15, -0.1) is 0 Å². The van der Waals surface area contributed by atoms with E-state index in [0.29, 0.717) is 6.54 Å². The van der Waals surface area contributed by atoms with Gasteiger partial charge in [-0.2, -0.15) is 4.31 Å². The van der Waals surface area contributed by atoms with E-state index in [4.69, 9.17) is 5.14 Å². The second kappa shape index (κ2) is 5.68.